The number of carboxylic acid groups (broad SMARTS) is 1. The standard InChI is InChI=1S/C48H77ClO7/c1-3-5-6-7-8-9-10-11-12-13-14-17-21-35-55-44-30-23-29-41(47(53)54)40(44)27-20-22-36-56-46(52)32-19-16-15-18-26-38-39(43(50)37-42(38)49)28-24-31-45(51)48(4-2)33-25-34-48/h15,18,23-24,28-30,38-39,42-43,45,50-51H,3-14,16-17,19-22,25-27,31-37H2,1-2H3,(H,53,54)/t38-,39-,42-,43-,45+/m1/s1. The predicted octanol–water partition coefficient (Wildman–Crippen LogP) is 12.3. The average molecular weight is 802 g/mol. The number of benzene rings is 1. The minimum Gasteiger partial charge on any atom is -0.493 e. The summed E-state index contributed by atoms with van der Waals surface area (Å²) >= 11 is 6.65. The summed E-state index contributed by atoms with van der Waals surface area (Å²) in [6.07, 6.45) is 34.4. The number of unbranched alkanes of at least 4 members (excludes halogenated alkanes) is 14. The van der Waals surface area contributed by atoms with Gasteiger partial charge >= 0.3 is 11.9 Å². The van der Waals surface area contributed by atoms with Crippen molar-refractivity contribution in [2.45, 2.75) is 198 Å². The van der Waals surface area contributed by atoms with Crippen LogP contribution in [-0.2, 0) is 16.0 Å². The van der Waals surface area contributed by atoms with Crippen LogP contribution in [0.3, 0.4) is 0 Å². The molecule has 0 amide bonds. The van der Waals surface area contributed by atoms with Crippen LogP contribution in [0.25, 0.3) is 0 Å². The number of carbonyl (C=O) groups excluding carboxylic acids is 1. The summed E-state index contributed by atoms with van der Waals surface area (Å²) in [6, 6.07) is 5.25. The quantitative estimate of drug-likeness (QED) is 0.0288. The predicted molar refractivity (Wildman–Crippen MR) is 230 cm³/mol. The molecule has 318 valence electrons. The molecule has 0 aliphatic heterocycles. The van der Waals surface area contributed by atoms with E-state index in [2.05, 4.69) is 32.1 Å². The van der Waals surface area contributed by atoms with Gasteiger partial charge in [-0.3, -0.25) is 4.79 Å². The van der Waals surface area contributed by atoms with Gasteiger partial charge in [0.2, 0.25) is 0 Å². The first-order valence-corrected chi connectivity index (χ1v) is 23.1. The maximum Gasteiger partial charge on any atom is 0.336 e. The number of hydrogen-bond acceptors (Lipinski definition) is 6. The minimum absolute atomic E-state index is 0.0195. The van der Waals surface area contributed by atoms with Crippen LogP contribution in [0.15, 0.2) is 42.5 Å². The van der Waals surface area contributed by atoms with Crippen molar-refractivity contribution < 1.29 is 34.4 Å². The first kappa shape index (κ1) is 48.0. The number of aliphatic hydroxyl groups excluding tert-OH is 2. The third-order valence-corrected chi connectivity index (χ3v) is 13.1. The molecule has 56 heavy (non-hydrogen) atoms. The van der Waals surface area contributed by atoms with Crippen LogP contribution in [0.2, 0.25) is 0 Å². The Bertz CT molecular complexity index is 1280. The van der Waals surface area contributed by atoms with E-state index in [1.807, 2.05) is 12.1 Å². The maximum atomic E-state index is 12.4. The summed E-state index contributed by atoms with van der Waals surface area (Å²) in [6.45, 7) is 5.32. The number of halogens is 1. The summed E-state index contributed by atoms with van der Waals surface area (Å²) in [5, 5.41) is 31.2. The molecule has 0 aromatic heterocycles. The Morgan fingerprint density at radius 2 is 1.54 bits per heavy atom. The van der Waals surface area contributed by atoms with Crippen LogP contribution in [0.4, 0.5) is 0 Å². The van der Waals surface area contributed by atoms with Crippen molar-refractivity contribution >= 4 is 23.5 Å². The fourth-order valence-corrected chi connectivity index (χ4v) is 9.14. The van der Waals surface area contributed by atoms with E-state index in [-0.39, 0.29) is 40.3 Å². The molecular formula is C48H77ClO7. The molecule has 1 aromatic rings. The molecule has 2 aliphatic rings. The molecule has 2 aliphatic carbocycles. The fourth-order valence-electron chi connectivity index (χ4n) is 8.69. The van der Waals surface area contributed by atoms with Crippen LogP contribution in [0.1, 0.15) is 190 Å². The first-order chi connectivity index (χ1) is 27.2. The zero-order chi connectivity index (χ0) is 40.4. The van der Waals surface area contributed by atoms with Gasteiger partial charge in [0.05, 0.1) is 31.0 Å². The fraction of sp³-hybridized carbons (Fsp3) is 0.750. The Morgan fingerprint density at radius 3 is 2.16 bits per heavy atom. The number of aromatic carboxylic acids is 1. The monoisotopic (exact) mass is 801 g/mol. The number of hydrogen-bond donors (Lipinski definition) is 3. The Hall–Kier alpha value is -2.35. The number of aliphatic hydroxyl groups is 2. The van der Waals surface area contributed by atoms with Gasteiger partial charge < -0.3 is 24.8 Å². The van der Waals surface area contributed by atoms with Crippen molar-refractivity contribution in [2.24, 2.45) is 17.3 Å². The molecule has 0 radical (unpaired) electrons. The van der Waals surface area contributed by atoms with Crippen LogP contribution < -0.4 is 4.74 Å². The van der Waals surface area contributed by atoms with Crippen molar-refractivity contribution in [3.8, 4) is 5.75 Å². The van der Waals surface area contributed by atoms with Gasteiger partial charge in [-0.05, 0) is 101 Å². The molecule has 0 bridgehead atoms. The summed E-state index contributed by atoms with van der Waals surface area (Å²) < 4.78 is 11.6. The highest BCUT2D eigenvalue weighted by Crippen LogP contribution is 2.48. The summed E-state index contributed by atoms with van der Waals surface area (Å²) in [5.74, 6) is -0.402. The van der Waals surface area contributed by atoms with Gasteiger partial charge in [0.15, 0.2) is 0 Å². The molecule has 0 heterocycles. The minimum atomic E-state index is -0.952. The van der Waals surface area contributed by atoms with Crippen molar-refractivity contribution in [2.75, 3.05) is 13.2 Å². The highest BCUT2D eigenvalue weighted by atomic mass is 35.5. The largest absolute Gasteiger partial charge is 0.493 e. The molecule has 0 spiro atoms. The molecule has 2 fully saturated rings. The molecular weight excluding hydrogens is 724 g/mol. The van der Waals surface area contributed by atoms with Crippen LogP contribution in [0, 0.1) is 17.3 Å². The van der Waals surface area contributed by atoms with Gasteiger partial charge in [-0.1, -0.05) is 128 Å². The molecule has 8 heteroatoms. The Balaban J connectivity index is 1.26. The van der Waals surface area contributed by atoms with E-state index in [1.165, 1.54) is 77.0 Å². The summed E-state index contributed by atoms with van der Waals surface area (Å²) in [4.78, 5) is 24.4. The van der Waals surface area contributed by atoms with E-state index >= 15 is 0 Å². The Labute approximate surface area is 345 Å². The molecule has 3 rings (SSSR count). The van der Waals surface area contributed by atoms with E-state index in [1.54, 1.807) is 12.1 Å². The number of allylic oxidation sites excluding steroid dienone is 2. The number of carboxylic acids is 1. The van der Waals surface area contributed by atoms with Crippen LogP contribution in [0.5, 0.6) is 5.75 Å². The number of rotatable bonds is 32. The first-order valence-electron chi connectivity index (χ1n) is 22.7. The van der Waals surface area contributed by atoms with Crippen molar-refractivity contribution in [3.63, 3.8) is 0 Å². The van der Waals surface area contributed by atoms with Gasteiger partial charge in [0.1, 0.15) is 5.75 Å². The zero-order valence-corrected chi connectivity index (χ0v) is 35.8. The lowest BCUT2D eigenvalue weighted by Crippen LogP contribution is -2.40. The van der Waals surface area contributed by atoms with E-state index in [9.17, 15) is 24.9 Å². The SMILES string of the molecule is CCCCCCCCCCCCCCCOc1cccc(C(=O)O)c1CCCCOC(=O)CCCC=CC[C@@H]1[C@@H](C=CC[C@H](O)C2(CC)CCC2)[C@H](O)C[C@H]1Cl. The summed E-state index contributed by atoms with van der Waals surface area (Å²) in [7, 11) is 0. The molecule has 0 saturated heterocycles. The van der Waals surface area contributed by atoms with Gasteiger partial charge in [-0.2, -0.15) is 0 Å². The van der Waals surface area contributed by atoms with Gasteiger partial charge in [-0.25, -0.2) is 4.79 Å². The van der Waals surface area contributed by atoms with E-state index in [4.69, 9.17) is 21.1 Å². The van der Waals surface area contributed by atoms with Crippen molar-refractivity contribution in [3.05, 3.63) is 53.6 Å². The third-order valence-electron chi connectivity index (χ3n) is 12.6. The van der Waals surface area contributed by atoms with Gasteiger partial charge in [-0.15, -0.1) is 11.6 Å². The number of carbonyl (C=O) groups is 2. The lowest BCUT2D eigenvalue weighted by Gasteiger charge is -2.45. The number of alkyl halides is 1. The topological polar surface area (TPSA) is 113 Å². The number of esters is 1. The molecule has 7 nitrogen and oxygen atoms in total. The smallest absolute Gasteiger partial charge is 0.336 e. The van der Waals surface area contributed by atoms with Crippen LogP contribution >= 0.6 is 11.6 Å². The maximum absolute atomic E-state index is 12.4. The van der Waals surface area contributed by atoms with E-state index < -0.39 is 12.1 Å². The number of ether oxygens (including phenoxy) is 2. The highest BCUT2D eigenvalue weighted by molar-refractivity contribution is 6.21. The molecule has 2 saturated carbocycles. The zero-order valence-electron chi connectivity index (χ0n) is 35.1. The Kier molecular flexibility index (Phi) is 24.1. The summed E-state index contributed by atoms with van der Waals surface area (Å²) in [5.41, 5.74) is 1.07. The second-order valence-corrected chi connectivity index (χ2v) is 17.3. The molecule has 3 N–H and O–H groups in total. The van der Waals surface area contributed by atoms with Gasteiger partial charge in [0.25, 0.3) is 0 Å². The van der Waals surface area contributed by atoms with E-state index in [0.717, 1.165) is 50.5 Å². The van der Waals surface area contributed by atoms with Crippen molar-refractivity contribution in [1.82, 2.24) is 0 Å². The lowest BCUT2D eigenvalue weighted by atomic mass is 9.63. The van der Waals surface area contributed by atoms with Crippen LogP contribution in [-0.4, -0.2) is 58.1 Å². The average Bonchev–Trinajstić information content (AvgIpc) is 3.43. The van der Waals surface area contributed by atoms with Gasteiger partial charge in [0, 0.05) is 23.3 Å². The molecule has 1 aromatic carbocycles. The second kappa shape index (κ2) is 28.1. The Morgan fingerprint density at radius 1 is 0.875 bits per heavy atom. The molecule has 0 unspecified atom stereocenters. The lowest BCUT2D eigenvalue weighted by molar-refractivity contribution is -0.143. The van der Waals surface area contributed by atoms with Crippen molar-refractivity contribution in [1.29, 1.82) is 0 Å². The third kappa shape index (κ3) is 17.2. The van der Waals surface area contributed by atoms with E-state index in [0.29, 0.717) is 63.9 Å². The highest BCUT2D eigenvalue weighted by Gasteiger charge is 2.42. The second-order valence-electron chi connectivity index (χ2n) is 16.8. The normalized spacial score (nSPS) is 21.1. The molecule has 5 atom stereocenters.